The van der Waals surface area contributed by atoms with Crippen molar-refractivity contribution in [3.05, 3.63) is 58.4 Å². The monoisotopic (exact) mass is 376 g/mol. The molecule has 1 saturated heterocycles. The van der Waals surface area contributed by atoms with Gasteiger partial charge in [-0.25, -0.2) is 9.18 Å². The van der Waals surface area contributed by atoms with Crippen molar-refractivity contribution in [3.8, 4) is 11.5 Å². The summed E-state index contributed by atoms with van der Waals surface area (Å²) in [4.78, 5) is 14.8. The van der Waals surface area contributed by atoms with E-state index in [0.29, 0.717) is 49.1 Å². The molecule has 2 aromatic carbocycles. The van der Waals surface area contributed by atoms with Crippen LogP contribution in [-0.4, -0.2) is 47.2 Å². The first-order valence-corrected chi connectivity index (χ1v) is 8.87. The normalized spacial score (nSPS) is 19.9. The molecule has 0 radical (unpaired) electrons. The first-order valence-electron chi connectivity index (χ1n) is 8.49. The summed E-state index contributed by atoms with van der Waals surface area (Å²) in [5, 5.41) is 9.78. The van der Waals surface area contributed by atoms with Crippen LogP contribution in [0.25, 0.3) is 0 Å². The molecule has 1 amide bonds. The molecule has 1 atom stereocenters. The molecular formula is C19H18ClFN2O3. The lowest BCUT2D eigenvalue weighted by Gasteiger charge is -2.38. The van der Waals surface area contributed by atoms with Gasteiger partial charge in [0.15, 0.2) is 0 Å². The number of amides is 1. The van der Waals surface area contributed by atoms with Crippen molar-refractivity contribution in [2.45, 2.75) is 12.5 Å². The summed E-state index contributed by atoms with van der Waals surface area (Å²) in [6.45, 7) is 2.03. The maximum atomic E-state index is 13.9. The first-order chi connectivity index (χ1) is 12.5. The van der Waals surface area contributed by atoms with Gasteiger partial charge in [-0.05, 0) is 48.4 Å². The van der Waals surface area contributed by atoms with E-state index < -0.39 is 6.09 Å². The number of hydrogen-bond acceptors (Lipinski definition) is 3. The van der Waals surface area contributed by atoms with Crippen LogP contribution < -0.4 is 4.74 Å². The number of ether oxygens (including phenoxy) is 1. The van der Waals surface area contributed by atoms with Gasteiger partial charge in [-0.2, -0.15) is 0 Å². The van der Waals surface area contributed by atoms with Crippen molar-refractivity contribution >= 4 is 17.7 Å². The van der Waals surface area contributed by atoms with E-state index in [1.54, 1.807) is 12.1 Å². The molecule has 1 fully saturated rings. The van der Waals surface area contributed by atoms with Gasteiger partial charge in [0.2, 0.25) is 0 Å². The summed E-state index contributed by atoms with van der Waals surface area (Å²) >= 11 is 6.15. The van der Waals surface area contributed by atoms with Gasteiger partial charge >= 0.3 is 6.09 Å². The van der Waals surface area contributed by atoms with Gasteiger partial charge in [0.1, 0.15) is 17.3 Å². The third-order valence-corrected chi connectivity index (χ3v) is 5.25. The van der Waals surface area contributed by atoms with E-state index in [2.05, 4.69) is 4.90 Å². The topological polar surface area (TPSA) is 53.0 Å². The lowest BCUT2D eigenvalue weighted by Crippen LogP contribution is -2.49. The number of carboxylic acid groups (broad SMARTS) is 1. The summed E-state index contributed by atoms with van der Waals surface area (Å²) in [5.41, 5.74) is 1.74. The zero-order valence-corrected chi connectivity index (χ0v) is 14.7. The molecule has 2 heterocycles. The van der Waals surface area contributed by atoms with Crippen LogP contribution in [-0.2, 0) is 6.42 Å². The fourth-order valence-electron chi connectivity index (χ4n) is 3.67. The van der Waals surface area contributed by atoms with Crippen molar-refractivity contribution in [2.75, 3.05) is 26.2 Å². The van der Waals surface area contributed by atoms with Crippen molar-refractivity contribution in [2.24, 2.45) is 0 Å². The van der Waals surface area contributed by atoms with E-state index in [1.165, 1.54) is 17.0 Å². The average molecular weight is 377 g/mol. The highest BCUT2D eigenvalue weighted by molar-refractivity contribution is 6.30. The molecule has 2 aliphatic heterocycles. The number of piperazine rings is 1. The molecule has 26 heavy (non-hydrogen) atoms. The SMILES string of the molecule is O=C(O)N1CCN(C2Cc3cc(Cl)ccc3Oc3ccc(F)cc32)CC1. The minimum Gasteiger partial charge on any atom is -0.465 e. The van der Waals surface area contributed by atoms with E-state index in [1.807, 2.05) is 12.1 Å². The zero-order chi connectivity index (χ0) is 18.3. The molecule has 0 aliphatic carbocycles. The summed E-state index contributed by atoms with van der Waals surface area (Å²) < 4.78 is 20.0. The molecule has 1 unspecified atom stereocenters. The maximum absolute atomic E-state index is 13.9. The highest BCUT2D eigenvalue weighted by Crippen LogP contribution is 2.42. The Morgan fingerprint density at radius 2 is 1.85 bits per heavy atom. The predicted octanol–water partition coefficient (Wildman–Crippen LogP) is 4.16. The fourth-order valence-corrected chi connectivity index (χ4v) is 3.86. The van der Waals surface area contributed by atoms with Crippen LogP contribution in [0.15, 0.2) is 36.4 Å². The Bertz CT molecular complexity index is 853. The van der Waals surface area contributed by atoms with Gasteiger partial charge in [0, 0.05) is 42.8 Å². The Kier molecular flexibility index (Phi) is 4.46. The molecule has 0 saturated carbocycles. The van der Waals surface area contributed by atoms with Gasteiger partial charge in [-0.1, -0.05) is 11.6 Å². The molecular weight excluding hydrogens is 359 g/mol. The Balaban J connectivity index is 1.70. The largest absolute Gasteiger partial charge is 0.465 e. The van der Waals surface area contributed by atoms with Crippen molar-refractivity contribution in [1.82, 2.24) is 9.80 Å². The van der Waals surface area contributed by atoms with Crippen LogP contribution >= 0.6 is 11.6 Å². The van der Waals surface area contributed by atoms with Gasteiger partial charge in [0.05, 0.1) is 0 Å². The number of halogens is 2. The van der Waals surface area contributed by atoms with Crippen molar-refractivity contribution < 1.29 is 19.0 Å². The zero-order valence-electron chi connectivity index (χ0n) is 14.0. The second kappa shape index (κ2) is 6.78. The molecule has 136 valence electrons. The van der Waals surface area contributed by atoms with Gasteiger partial charge < -0.3 is 14.7 Å². The molecule has 4 rings (SSSR count). The number of benzene rings is 2. The van der Waals surface area contributed by atoms with E-state index in [9.17, 15) is 9.18 Å². The third-order valence-electron chi connectivity index (χ3n) is 5.01. The van der Waals surface area contributed by atoms with E-state index in [0.717, 1.165) is 11.1 Å². The molecule has 1 N–H and O–H groups in total. The number of nitrogens with zero attached hydrogens (tertiary/aromatic N) is 2. The number of rotatable bonds is 1. The summed E-state index contributed by atoms with van der Waals surface area (Å²) in [6, 6.07) is 9.92. The van der Waals surface area contributed by atoms with Crippen LogP contribution in [0.3, 0.4) is 0 Å². The van der Waals surface area contributed by atoms with Crippen LogP contribution in [0, 0.1) is 5.82 Å². The first kappa shape index (κ1) is 17.1. The quantitative estimate of drug-likeness (QED) is 0.811. The third kappa shape index (κ3) is 3.22. The van der Waals surface area contributed by atoms with E-state index >= 15 is 0 Å². The molecule has 5 nitrogen and oxygen atoms in total. The molecule has 0 bridgehead atoms. The molecule has 0 aromatic heterocycles. The predicted molar refractivity (Wildman–Crippen MR) is 95.5 cm³/mol. The van der Waals surface area contributed by atoms with Gasteiger partial charge in [0.25, 0.3) is 0 Å². The second-order valence-electron chi connectivity index (χ2n) is 6.56. The molecule has 7 heteroatoms. The Morgan fingerprint density at radius 1 is 1.12 bits per heavy atom. The average Bonchev–Trinajstić information content (AvgIpc) is 2.78. The second-order valence-corrected chi connectivity index (χ2v) is 7.00. The number of carbonyl (C=O) groups is 1. The highest BCUT2D eigenvalue weighted by Gasteiger charge is 2.32. The molecule has 0 spiro atoms. The standard InChI is InChI=1S/C19H18ClFN2O3/c20-13-1-3-17-12(9-13)10-16(15-11-14(21)2-4-18(15)26-17)22-5-7-23(8-6-22)19(24)25/h1-4,9,11,16H,5-8,10H2,(H,24,25). The summed E-state index contributed by atoms with van der Waals surface area (Å²) in [7, 11) is 0. The highest BCUT2D eigenvalue weighted by atomic mass is 35.5. The lowest BCUT2D eigenvalue weighted by atomic mass is 9.96. The van der Waals surface area contributed by atoms with Crippen LogP contribution in [0.1, 0.15) is 17.2 Å². The Labute approximate surface area is 155 Å². The minimum atomic E-state index is -0.905. The number of fused-ring (bicyclic) bond motifs is 2. The van der Waals surface area contributed by atoms with E-state index in [4.69, 9.17) is 21.4 Å². The maximum Gasteiger partial charge on any atom is 0.407 e. The van der Waals surface area contributed by atoms with Crippen LogP contribution in [0.2, 0.25) is 5.02 Å². The van der Waals surface area contributed by atoms with Crippen LogP contribution in [0.4, 0.5) is 9.18 Å². The van der Waals surface area contributed by atoms with Gasteiger partial charge in [-0.3, -0.25) is 4.90 Å². The summed E-state index contributed by atoms with van der Waals surface area (Å²) in [6.07, 6.45) is -0.281. The molecule has 2 aliphatic rings. The summed E-state index contributed by atoms with van der Waals surface area (Å²) in [5.74, 6) is 1.03. The van der Waals surface area contributed by atoms with Crippen LogP contribution in [0.5, 0.6) is 11.5 Å². The smallest absolute Gasteiger partial charge is 0.407 e. The van der Waals surface area contributed by atoms with Crippen molar-refractivity contribution in [3.63, 3.8) is 0 Å². The Hall–Kier alpha value is -2.31. The Morgan fingerprint density at radius 3 is 2.58 bits per heavy atom. The van der Waals surface area contributed by atoms with Crippen molar-refractivity contribution in [1.29, 1.82) is 0 Å². The van der Waals surface area contributed by atoms with E-state index in [-0.39, 0.29) is 11.9 Å². The molecule has 2 aromatic rings. The van der Waals surface area contributed by atoms with Gasteiger partial charge in [-0.15, -0.1) is 0 Å². The lowest BCUT2D eigenvalue weighted by molar-refractivity contribution is 0.0845. The number of hydrogen-bond donors (Lipinski definition) is 1. The fraction of sp³-hybridized carbons (Fsp3) is 0.316. The minimum absolute atomic E-state index is 0.101.